The van der Waals surface area contributed by atoms with Crippen LogP contribution in [0.3, 0.4) is 0 Å². The first-order valence-electron chi connectivity index (χ1n) is 17.4. The summed E-state index contributed by atoms with van der Waals surface area (Å²) >= 11 is 1.40. The molecular formula is C34H52N6O7S2. The van der Waals surface area contributed by atoms with Crippen LogP contribution in [0.5, 0.6) is 0 Å². The van der Waals surface area contributed by atoms with Crippen LogP contribution in [0.15, 0.2) is 16.3 Å². The van der Waals surface area contributed by atoms with Crippen LogP contribution in [-0.4, -0.2) is 83.9 Å². The van der Waals surface area contributed by atoms with Gasteiger partial charge in [0.25, 0.3) is 5.91 Å². The third-order valence-corrected chi connectivity index (χ3v) is 14.1. The van der Waals surface area contributed by atoms with Crippen molar-refractivity contribution in [3.63, 3.8) is 0 Å². The first-order chi connectivity index (χ1) is 22.8. The molecule has 15 heteroatoms. The molecule has 2 saturated carbocycles. The number of likely N-dealkylation sites (tertiary alicyclic amines) is 1. The second kappa shape index (κ2) is 13.6. The molecule has 3 heterocycles. The Bertz CT molecular complexity index is 1590. The Morgan fingerprint density at radius 1 is 1.08 bits per heavy atom. The number of urea groups is 1. The first-order valence-corrected chi connectivity index (χ1v) is 19.8. The molecule has 5 N–H and O–H groups in total. The van der Waals surface area contributed by atoms with Gasteiger partial charge in [0.05, 0.1) is 16.5 Å². The molecule has 0 bridgehead atoms. The van der Waals surface area contributed by atoms with Crippen molar-refractivity contribution in [1.29, 1.82) is 0 Å². The minimum Gasteiger partial charge on any atom is -0.363 e. The number of sulfonamides is 1. The van der Waals surface area contributed by atoms with E-state index in [9.17, 15) is 32.4 Å². The van der Waals surface area contributed by atoms with E-state index in [1.165, 1.54) is 20.5 Å². The van der Waals surface area contributed by atoms with Gasteiger partial charge in [-0.3, -0.25) is 19.2 Å². The van der Waals surface area contributed by atoms with Crippen molar-refractivity contribution in [2.24, 2.45) is 28.4 Å². The number of nitrogens with two attached hydrogens (primary N) is 1. The molecule has 49 heavy (non-hydrogen) atoms. The Morgan fingerprint density at radius 2 is 1.76 bits per heavy atom. The molecule has 2 aliphatic heterocycles. The van der Waals surface area contributed by atoms with Crippen LogP contribution in [0.25, 0.3) is 0 Å². The van der Waals surface area contributed by atoms with Crippen molar-refractivity contribution in [3.8, 4) is 0 Å². The molecule has 0 spiro atoms. The van der Waals surface area contributed by atoms with E-state index in [0.29, 0.717) is 30.7 Å². The summed E-state index contributed by atoms with van der Waals surface area (Å²) in [6.45, 7) is 12.3. The topological polar surface area (TPSA) is 188 Å². The number of amides is 5. The number of nitrogens with zero attached hydrogens (tertiary/aromatic N) is 2. The second-order valence-corrected chi connectivity index (χ2v) is 18.9. The fourth-order valence-electron chi connectivity index (χ4n) is 8.23. The predicted molar refractivity (Wildman–Crippen MR) is 185 cm³/mol. The van der Waals surface area contributed by atoms with E-state index in [0.717, 1.165) is 30.6 Å². The monoisotopic (exact) mass is 720 g/mol. The van der Waals surface area contributed by atoms with E-state index in [4.69, 9.17) is 5.73 Å². The van der Waals surface area contributed by atoms with Crippen LogP contribution >= 0.6 is 11.3 Å². The van der Waals surface area contributed by atoms with Gasteiger partial charge < -0.3 is 26.6 Å². The lowest BCUT2D eigenvalue weighted by atomic mass is 9.81. The Hall–Kier alpha value is -3.04. The molecule has 4 aliphatic rings. The number of piperidine rings is 1. The lowest BCUT2D eigenvalue weighted by molar-refractivity contribution is -0.145. The average molecular weight is 721 g/mol. The van der Waals surface area contributed by atoms with Crippen molar-refractivity contribution < 1.29 is 32.4 Å². The van der Waals surface area contributed by atoms with Gasteiger partial charge in [-0.25, -0.2) is 13.2 Å². The fourth-order valence-corrected chi connectivity index (χ4v) is 11.2. The van der Waals surface area contributed by atoms with Crippen molar-refractivity contribution in [2.75, 3.05) is 13.1 Å². The van der Waals surface area contributed by atoms with Gasteiger partial charge in [0.2, 0.25) is 27.6 Å². The maximum Gasteiger partial charge on any atom is 0.315 e. The molecule has 2 aliphatic carbocycles. The summed E-state index contributed by atoms with van der Waals surface area (Å²) < 4.78 is 28.1. The molecule has 1 saturated heterocycles. The summed E-state index contributed by atoms with van der Waals surface area (Å²) in [5.74, 6) is -3.02. The lowest BCUT2D eigenvalue weighted by Gasteiger charge is -2.42. The summed E-state index contributed by atoms with van der Waals surface area (Å²) in [5, 5.41) is 10.5. The van der Waals surface area contributed by atoms with Gasteiger partial charge in [-0.1, -0.05) is 73.6 Å². The molecular weight excluding hydrogens is 669 g/mol. The quantitative estimate of drug-likeness (QED) is 0.239. The third-order valence-electron chi connectivity index (χ3n) is 11.2. The van der Waals surface area contributed by atoms with Crippen LogP contribution in [0.1, 0.15) is 97.8 Å². The number of primary amides is 1. The molecule has 1 aromatic rings. The normalized spacial score (nSPS) is 26.2. The Morgan fingerprint density at radius 3 is 2.35 bits per heavy atom. The number of hydrogen-bond acceptors (Lipinski definition) is 8. The molecule has 3 fully saturated rings. The highest BCUT2D eigenvalue weighted by Crippen LogP contribution is 2.65. The smallest absolute Gasteiger partial charge is 0.315 e. The third kappa shape index (κ3) is 7.25. The number of thiophene rings is 1. The summed E-state index contributed by atoms with van der Waals surface area (Å²) in [6.07, 6.45) is 5.44. The molecule has 5 atom stereocenters. The number of Topliss-reactive ketones (excluding diaryl/α,β-unsaturated/α-hetero) is 1. The number of fused-ring (bicyclic) bond motifs is 2. The van der Waals surface area contributed by atoms with E-state index in [1.54, 1.807) is 11.4 Å². The molecule has 0 radical (unpaired) electrons. The number of ketones is 1. The minimum absolute atomic E-state index is 0.0544. The highest BCUT2D eigenvalue weighted by atomic mass is 32.2. The SMILES string of the molecule is CCCCC(NC(=O)C1[C@@H]2[C@H](CN1C(=O)[C@@H](NC(=O)NC1(CN3Cc4sccc4S3(=O)=O)CCCCC1)C(C)(C)C)C2(C)C)C(=O)C(N)=O. The summed E-state index contributed by atoms with van der Waals surface area (Å²) in [7, 11) is -3.67. The van der Waals surface area contributed by atoms with Crippen molar-refractivity contribution in [3.05, 3.63) is 16.3 Å². The largest absolute Gasteiger partial charge is 0.363 e. The molecule has 5 amide bonds. The number of hydrogen-bond donors (Lipinski definition) is 4. The highest BCUT2D eigenvalue weighted by molar-refractivity contribution is 7.89. The Labute approximate surface area is 293 Å². The number of carbonyl (C=O) groups excluding carboxylic acids is 5. The summed E-state index contributed by atoms with van der Waals surface area (Å²) in [6, 6.07) is -1.94. The molecule has 13 nitrogen and oxygen atoms in total. The van der Waals surface area contributed by atoms with Gasteiger partial charge >= 0.3 is 6.03 Å². The van der Waals surface area contributed by atoms with Gasteiger partial charge in [0.15, 0.2) is 0 Å². The summed E-state index contributed by atoms with van der Waals surface area (Å²) in [5.41, 5.74) is 3.52. The van der Waals surface area contributed by atoms with Gasteiger partial charge in [-0.2, -0.15) is 4.31 Å². The Kier molecular flexibility index (Phi) is 10.3. The molecule has 272 valence electrons. The maximum atomic E-state index is 14.4. The van der Waals surface area contributed by atoms with Crippen LogP contribution in [0, 0.1) is 22.7 Å². The van der Waals surface area contributed by atoms with E-state index in [-0.39, 0.29) is 36.8 Å². The zero-order chi connectivity index (χ0) is 36.1. The van der Waals surface area contributed by atoms with E-state index in [1.807, 2.05) is 41.5 Å². The van der Waals surface area contributed by atoms with Gasteiger partial charge in [0, 0.05) is 24.5 Å². The maximum absolute atomic E-state index is 14.4. The van der Waals surface area contributed by atoms with E-state index < -0.39 is 68.6 Å². The highest BCUT2D eigenvalue weighted by Gasteiger charge is 2.70. The van der Waals surface area contributed by atoms with Crippen LogP contribution in [0.2, 0.25) is 0 Å². The standard InChI is InChI=1S/C34H52N6O7S2/c1-7-8-12-21(26(41)28(35)42)36-29(43)25-24-20(33(24,5)6)17-40(25)30(44)27(32(2,3)4)37-31(45)38-34(14-10-9-11-15-34)19-39-18-22-23(13-16-48-22)49(39,46)47/h13,16,20-21,24-25,27H,7-12,14-15,17-19H2,1-6H3,(H2,35,42)(H,36,43)(H2,37,38,45)/t20-,21?,24-,25?,27+/m0/s1. The predicted octanol–water partition coefficient (Wildman–Crippen LogP) is 2.88. The number of nitrogens with one attached hydrogen (secondary N) is 3. The molecule has 0 aromatic carbocycles. The molecule has 5 rings (SSSR count). The second-order valence-electron chi connectivity index (χ2n) is 16.0. The van der Waals surface area contributed by atoms with Crippen LogP contribution < -0.4 is 21.7 Å². The van der Waals surface area contributed by atoms with E-state index in [2.05, 4.69) is 16.0 Å². The van der Waals surface area contributed by atoms with Crippen molar-refractivity contribution in [2.45, 2.75) is 128 Å². The molecule has 2 unspecified atom stereocenters. The van der Waals surface area contributed by atoms with Crippen LogP contribution in [0.4, 0.5) is 4.79 Å². The van der Waals surface area contributed by atoms with Crippen molar-refractivity contribution in [1.82, 2.24) is 25.2 Å². The lowest BCUT2D eigenvalue weighted by Crippen LogP contribution is -2.64. The van der Waals surface area contributed by atoms with Crippen LogP contribution in [-0.2, 0) is 35.7 Å². The molecule has 1 aromatic heterocycles. The van der Waals surface area contributed by atoms with Gasteiger partial charge in [0.1, 0.15) is 12.1 Å². The summed E-state index contributed by atoms with van der Waals surface area (Å²) in [4.78, 5) is 69.2. The number of rotatable bonds is 12. The number of unbranched alkanes of at least 4 members (excludes halogenated alkanes) is 1. The fraction of sp³-hybridized carbons (Fsp3) is 0.735. The zero-order valence-corrected chi connectivity index (χ0v) is 31.1. The zero-order valence-electron chi connectivity index (χ0n) is 29.5. The van der Waals surface area contributed by atoms with Gasteiger partial charge in [-0.15, -0.1) is 11.3 Å². The number of carbonyl (C=O) groups is 5. The Balaban J connectivity index is 1.34. The van der Waals surface area contributed by atoms with E-state index >= 15 is 0 Å². The van der Waals surface area contributed by atoms with Crippen molar-refractivity contribution >= 4 is 50.9 Å². The van der Waals surface area contributed by atoms with Gasteiger partial charge in [-0.05, 0) is 53.4 Å². The first kappa shape index (κ1) is 37.2. The average Bonchev–Trinajstić information content (AvgIpc) is 3.47. The minimum atomic E-state index is -3.67.